The van der Waals surface area contributed by atoms with E-state index in [2.05, 4.69) is 35.0 Å². The molecule has 0 spiro atoms. The summed E-state index contributed by atoms with van der Waals surface area (Å²) in [5.74, 6) is 0.693. The summed E-state index contributed by atoms with van der Waals surface area (Å²) in [4.78, 5) is 8.36. The van der Waals surface area contributed by atoms with Gasteiger partial charge in [0.2, 0.25) is 0 Å². The molecular formula is C12H16N4O. The average molecular weight is 232 g/mol. The first-order valence-corrected chi connectivity index (χ1v) is 5.78. The van der Waals surface area contributed by atoms with Crippen molar-refractivity contribution >= 4 is 0 Å². The summed E-state index contributed by atoms with van der Waals surface area (Å²) in [7, 11) is 0. The van der Waals surface area contributed by atoms with Gasteiger partial charge in [0.1, 0.15) is 0 Å². The number of hydrogen-bond donors (Lipinski definition) is 1. The zero-order valence-corrected chi connectivity index (χ0v) is 10.1. The Labute approximate surface area is 100 Å². The Morgan fingerprint density at radius 1 is 1.12 bits per heavy atom. The van der Waals surface area contributed by atoms with E-state index in [9.17, 15) is 0 Å². The van der Waals surface area contributed by atoms with Gasteiger partial charge in [-0.1, -0.05) is 13.8 Å². The first-order chi connectivity index (χ1) is 8.28. The molecule has 0 aliphatic rings. The van der Waals surface area contributed by atoms with Crippen molar-refractivity contribution in [3.8, 4) is 5.82 Å². The molecule has 1 N–H and O–H groups in total. The number of hydrogen-bond acceptors (Lipinski definition) is 4. The van der Waals surface area contributed by atoms with Crippen molar-refractivity contribution in [3.05, 3.63) is 35.5 Å². The third-order valence-electron chi connectivity index (χ3n) is 2.63. The minimum atomic E-state index is -0.0900. The summed E-state index contributed by atoms with van der Waals surface area (Å²) < 4.78 is 1.81. The monoisotopic (exact) mass is 232 g/mol. The van der Waals surface area contributed by atoms with Gasteiger partial charge in [0.15, 0.2) is 5.82 Å². The lowest BCUT2D eigenvalue weighted by atomic mass is 10.3. The van der Waals surface area contributed by atoms with E-state index >= 15 is 0 Å². The minimum Gasteiger partial charge on any atom is -0.390 e. The second kappa shape index (κ2) is 5.05. The van der Waals surface area contributed by atoms with E-state index in [1.165, 1.54) is 0 Å². The molecule has 0 aromatic carbocycles. The van der Waals surface area contributed by atoms with E-state index in [-0.39, 0.29) is 6.61 Å². The molecule has 2 rings (SSSR count). The standard InChI is InChI=1S/C12H16N4O/c1-3-9-5-11(4-2)16(15-9)12-7-13-10(8-17)6-14-12/h5-7,17H,3-4,8H2,1-2H3. The first kappa shape index (κ1) is 11.7. The average Bonchev–Trinajstić information content (AvgIpc) is 2.82. The molecule has 0 fully saturated rings. The maximum atomic E-state index is 8.92. The summed E-state index contributed by atoms with van der Waals surface area (Å²) in [5.41, 5.74) is 2.73. The molecule has 0 radical (unpaired) electrons. The maximum Gasteiger partial charge on any atom is 0.172 e. The molecule has 0 unspecified atom stereocenters. The van der Waals surface area contributed by atoms with Crippen LogP contribution in [0.2, 0.25) is 0 Å². The molecule has 0 aliphatic heterocycles. The fourth-order valence-electron chi connectivity index (χ4n) is 1.64. The van der Waals surface area contributed by atoms with Gasteiger partial charge in [0.05, 0.1) is 30.4 Å². The van der Waals surface area contributed by atoms with Gasteiger partial charge in [-0.3, -0.25) is 4.98 Å². The highest BCUT2D eigenvalue weighted by Gasteiger charge is 2.08. The number of aromatic nitrogens is 4. The topological polar surface area (TPSA) is 63.8 Å². The van der Waals surface area contributed by atoms with Gasteiger partial charge in [-0.2, -0.15) is 5.10 Å². The summed E-state index contributed by atoms with van der Waals surface area (Å²) in [6.45, 7) is 4.07. The van der Waals surface area contributed by atoms with Crippen molar-refractivity contribution in [3.63, 3.8) is 0 Å². The van der Waals surface area contributed by atoms with Gasteiger partial charge in [0.25, 0.3) is 0 Å². The number of rotatable bonds is 4. The molecule has 2 aromatic heterocycles. The molecular weight excluding hydrogens is 216 g/mol. The third-order valence-corrected chi connectivity index (χ3v) is 2.63. The van der Waals surface area contributed by atoms with Crippen LogP contribution in [-0.2, 0) is 19.4 Å². The van der Waals surface area contributed by atoms with E-state index in [4.69, 9.17) is 5.11 Å². The Balaban J connectivity index is 2.40. The maximum absolute atomic E-state index is 8.92. The lowest BCUT2D eigenvalue weighted by Gasteiger charge is -2.04. The summed E-state index contributed by atoms with van der Waals surface area (Å²) in [6.07, 6.45) is 5.01. The lowest BCUT2D eigenvalue weighted by Crippen LogP contribution is -2.05. The van der Waals surface area contributed by atoms with Crippen molar-refractivity contribution in [1.29, 1.82) is 0 Å². The van der Waals surface area contributed by atoms with E-state index in [1.54, 1.807) is 12.4 Å². The fraction of sp³-hybridized carbons (Fsp3) is 0.417. The Hall–Kier alpha value is -1.75. The second-order valence-corrected chi connectivity index (χ2v) is 3.77. The molecule has 0 atom stereocenters. The van der Waals surface area contributed by atoms with Crippen molar-refractivity contribution in [2.45, 2.75) is 33.3 Å². The molecule has 5 nitrogen and oxygen atoms in total. The Kier molecular flexibility index (Phi) is 3.49. The van der Waals surface area contributed by atoms with Crippen molar-refractivity contribution in [2.24, 2.45) is 0 Å². The zero-order valence-electron chi connectivity index (χ0n) is 10.1. The summed E-state index contributed by atoms with van der Waals surface area (Å²) in [6, 6.07) is 2.08. The largest absolute Gasteiger partial charge is 0.390 e. The van der Waals surface area contributed by atoms with Crippen LogP contribution in [0.5, 0.6) is 0 Å². The highest BCUT2D eigenvalue weighted by Crippen LogP contribution is 2.11. The van der Waals surface area contributed by atoms with Crippen LogP contribution >= 0.6 is 0 Å². The van der Waals surface area contributed by atoms with Gasteiger partial charge in [-0.15, -0.1) is 0 Å². The van der Waals surface area contributed by atoms with Gasteiger partial charge in [-0.25, -0.2) is 9.67 Å². The molecule has 2 heterocycles. The van der Waals surface area contributed by atoms with Gasteiger partial charge >= 0.3 is 0 Å². The van der Waals surface area contributed by atoms with Crippen molar-refractivity contribution in [2.75, 3.05) is 0 Å². The molecule has 0 amide bonds. The summed E-state index contributed by atoms with van der Waals surface area (Å²) in [5, 5.41) is 13.4. The van der Waals surface area contributed by atoms with Crippen LogP contribution < -0.4 is 0 Å². The molecule has 0 saturated heterocycles. The Bertz CT molecular complexity index is 490. The van der Waals surface area contributed by atoms with E-state index < -0.39 is 0 Å². The predicted molar refractivity (Wildman–Crippen MR) is 63.8 cm³/mol. The number of aryl methyl sites for hydroxylation is 2. The van der Waals surface area contributed by atoms with E-state index in [0.29, 0.717) is 11.5 Å². The number of aliphatic hydroxyl groups is 1. The van der Waals surface area contributed by atoms with Crippen molar-refractivity contribution < 1.29 is 5.11 Å². The lowest BCUT2D eigenvalue weighted by molar-refractivity contribution is 0.276. The highest BCUT2D eigenvalue weighted by molar-refractivity contribution is 5.24. The Morgan fingerprint density at radius 2 is 1.94 bits per heavy atom. The van der Waals surface area contributed by atoms with Gasteiger partial charge in [0, 0.05) is 5.69 Å². The molecule has 0 aliphatic carbocycles. The van der Waals surface area contributed by atoms with Crippen LogP contribution in [0, 0.1) is 0 Å². The van der Waals surface area contributed by atoms with Gasteiger partial charge in [-0.05, 0) is 18.9 Å². The van der Waals surface area contributed by atoms with Crippen LogP contribution in [-0.4, -0.2) is 24.9 Å². The Morgan fingerprint density at radius 3 is 2.47 bits per heavy atom. The summed E-state index contributed by atoms with van der Waals surface area (Å²) >= 11 is 0. The fourth-order valence-corrected chi connectivity index (χ4v) is 1.64. The highest BCUT2D eigenvalue weighted by atomic mass is 16.3. The molecule has 2 aromatic rings. The number of nitrogens with zero attached hydrogens (tertiary/aromatic N) is 4. The quantitative estimate of drug-likeness (QED) is 0.862. The predicted octanol–water partition coefficient (Wildman–Crippen LogP) is 1.28. The number of aliphatic hydroxyl groups excluding tert-OH is 1. The molecule has 0 bridgehead atoms. The van der Waals surface area contributed by atoms with Crippen LogP contribution in [0.4, 0.5) is 0 Å². The third kappa shape index (κ3) is 2.34. The molecule has 5 heteroatoms. The minimum absolute atomic E-state index is 0.0900. The molecule has 90 valence electrons. The molecule has 17 heavy (non-hydrogen) atoms. The first-order valence-electron chi connectivity index (χ1n) is 5.78. The van der Waals surface area contributed by atoms with E-state index in [1.807, 2.05) is 4.68 Å². The van der Waals surface area contributed by atoms with Gasteiger partial charge < -0.3 is 5.11 Å². The smallest absolute Gasteiger partial charge is 0.172 e. The van der Waals surface area contributed by atoms with Crippen LogP contribution in [0.1, 0.15) is 30.9 Å². The van der Waals surface area contributed by atoms with Crippen LogP contribution in [0.3, 0.4) is 0 Å². The second-order valence-electron chi connectivity index (χ2n) is 3.77. The van der Waals surface area contributed by atoms with Crippen molar-refractivity contribution in [1.82, 2.24) is 19.7 Å². The normalized spacial score (nSPS) is 10.8. The van der Waals surface area contributed by atoms with Crippen LogP contribution in [0.15, 0.2) is 18.5 Å². The zero-order chi connectivity index (χ0) is 12.3. The van der Waals surface area contributed by atoms with E-state index in [0.717, 1.165) is 24.2 Å². The van der Waals surface area contributed by atoms with Crippen LogP contribution in [0.25, 0.3) is 5.82 Å². The molecule has 0 saturated carbocycles. The SMILES string of the molecule is CCc1cc(CC)n(-c2cnc(CO)cn2)n1.